The number of benzene rings is 1. The summed E-state index contributed by atoms with van der Waals surface area (Å²) in [4.78, 5) is 23.3. The predicted octanol–water partition coefficient (Wildman–Crippen LogP) is 3.09. The monoisotopic (exact) mass is 303 g/mol. The topological polar surface area (TPSA) is 55.4 Å². The van der Waals surface area contributed by atoms with E-state index in [2.05, 4.69) is 5.32 Å². The summed E-state index contributed by atoms with van der Waals surface area (Å²) in [5, 5.41) is 6.51. The van der Waals surface area contributed by atoms with E-state index in [0.717, 1.165) is 16.7 Å². The highest BCUT2D eigenvalue weighted by molar-refractivity contribution is 7.07. The molecule has 21 heavy (non-hydrogen) atoms. The SMILES string of the molecule is Cc1cc(C)cc(NC(=O)COC(=O)Cc2ccsc2)c1. The van der Waals surface area contributed by atoms with Crippen molar-refractivity contribution in [2.75, 3.05) is 11.9 Å². The summed E-state index contributed by atoms with van der Waals surface area (Å²) in [5.74, 6) is -0.734. The lowest BCUT2D eigenvalue weighted by Crippen LogP contribution is -2.21. The minimum absolute atomic E-state index is 0.195. The van der Waals surface area contributed by atoms with Crippen LogP contribution in [0, 0.1) is 13.8 Å². The highest BCUT2D eigenvalue weighted by atomic mass is 32.1. The van der Waals surface area contributed by atoms with Crippen molar-refractivity contribution in [2.45, 2.75) is 20.3 Å². The molecule has 0 spiro atoms. The van der Waals surface area contributed by atoms with Crippen molar-refractivity contribution in [3.05, 3.63) is 51.7 Å². The van der Waals surface area contributed by atoms with Crippen molar-refractivity contribution in [2.24, 2.45) is 0 Å². The minimum Gasteiger partial charge on any atom is -0.455 e. The number of nitrogens with one attached hydrogen (secondary N) is 1. The second kappa shape index (κ2) is 7.04. The molecule has 0 saturated carbocycles. The van der Waals surface area contributed by atoms with E-state index >= 15 is 0 Å². The van der Waals surface area contributed by atoms with E-state index in [0.29, 0.717) is 5.69 Å². The van der Waals surface area contributed by atoms with Gasteiger partial charge in [0.25, 0.3) is 5.91 Å². The fourth-order valence-corrected chi connectivity index (χ4v) is 2.67. The molecular weight excluding hydrogens is 286 g/mol. The maximum Gasteiger partial charge on any atom is 0.310 e. The van der Waals surface area contributed by atoms with Gasteiger partial charge < -0.3 is 10.1 Å². The maximum absolute atomic E-state index is 11.8. The van der Waals surface area contributed by atoms with E-state index in [9.17, 15) is 9.59 Å². The van der Waals surface area contributed by atoms with Crippen molar-refractivity contribution >= 4 is 28.9 Å². The molecule has 110 valence electrons. The molecule has 0 fully saturated rings. The summed E-state index contributed by atoms with van der Waals surface area (Å²) in [6, 6.07) is 7.63. The van der Waals surface area contributed by atoms with Crippen molar-refractivity contribution in [3.63, 3.8) is 0 Å². The largest absolute Gasteiger partial charge is 0.455 e. The number of anilines is 1. The van der Waals surface area contributed by atoms with Gasteiger partial charge in [-0.3, -0.25) is 9.59 Å². The van der Waals surface area contributed by atoms with Gasteiger partial charge in [0, 0.05) is 5.69 Å². The van der Waals surface area contributed by atoms with Gasteiger partial charge in [0.1, 0.15) is 0 Å². The number of thiophene rings is 1. The molecule has 1 aromatic heterocycles. The van der Waals surface area contributed by atoms with Gasteiger partial charge in [0.05, 0.1) is 6.42 Å². The van der Waals surface area contributed by atoms with Gasteiger partial charge >= 0.3 is 5.97 Å². The molecule has 0 atom stereocenters. The van der Waals surface area contributed by atoms with Crippen molar-refractivity contribution in [1.82, 2.24) is 0 Å². The van der Waals surface area contributed by atoms with Crippen LogP contribution in [-0.4, -0.2) is 18.5 Å². The van der Waals surface area contributed by atoms with Gasteiger partial charge in [-0.15, -0.1) is 0 Å². The number of amides is 1. The summed E-state index contributed by atoms with van der Waals surface area (Å²) in [5.41, 5.74) is 3.76. The molecule has 0 bridgehead atoms. The van der Waals surface area contributed by atoms with Crippen LogP contribution in [0.3, 0.4) is 0 Å². The Hall–Kier alpha value is -2.14. The molecule has 0 saturated heterocycles. The molecule has 1 amide bonds. The Kier molecular flexibility index (Phi) is 5.11. The predicted molar refractivity (Wildman–Crippen MR) is 83.5 cm³/mol. The average molecular weight is 303 g/mol. The lowest BCUT2D eigenvalue weighted by molar-refractivity contribution is -0.146. The Morgan fingerprint density at radius 1 is 1.19 bits per heavy atom. The number of carbonyl (C=O) groups is 2. The molecule has 4 nitrogen and oxygen atoms in total. The number of aryl methyl sites for hydroxylation is 2. The van der Waals surface area contributed by atoms with Gasteiger partial charge in [0.2, 0.25) is 0 Å². The van der Waals surface area contributed by atoms with Crippen molar-refractivity contribution in [3.8, 4) is 0 Å². The van der Waals surface area contributed by atoms with E-state index in [4.69, 9.17) is 4.74 Å². The van der Waals surface area contributed by atoms with E-state index < -0.39 is 5.97 Å². The van der Waals surface area contributed by atoms with Crippen LogP contribution < -0.4 is 5.32 Å². The molecule has 0 aliphatic rings. The van der Waals surface area contributed by atoms with Crippen LogP contribution in [0.5, 0.6) is 0 Å². The van der Waals surface area contributed by atoms with Crippen LogP contribution in [0.2, 0.25) is 0 Å². The van der Waals surface area contributed by atoms with Crippen LogP contribution in [0.1, 0.15) is 16.7 Å². The molecular formula is C16H17NO3S. The van der Waals surface area contributed by atoms with Gasteiger partial charge in [-0.05, 0) is 59.5 Å². The van der Waals surface area contributed by atoms with Crippen LogP contribution in [0.25, 0.3) is 0 Å². The number of carbonyl (C=O) groups excluding carboxylic acids is 2. The summed E-state index contributed by atoms with van der Waals surface area (Å²) in [7, 11) is 0. The summed E-state index contributed by atoms with van der Waals surface area (Å²) >= 11 is 1.52. The normalized spacial score (nSPS) is 10.2. The van der Waals surface area contributed by atoms with Gasteiger partial charge in [-0.25, -0.2) is 0 Å². The second-order valence-corrected chi connectivity index (χ2v) is 5.67. The van der Waals surface area contributed by atoms with Crippen molar-refractivity contribution < 1.29 is 14.3 Å². The number of hydrogen-bond acceptors (Lipinski definition) is 4. The summed E-state index contributed by atoms with van der Waals surface area (Å²) in [6.07, 6.45) is 0.195. The second-order valence-electron chi connectivity index (χ2n) is 4.89. The fraction of sp³-hybridized carbons (Fsp3) is 0.250. The molecule has 0 aliphatic heterocycles. The zero-order valence-corrected chi connectivity index (χ0v) is 12.8. The molecule has 0 unspecified atom stereocenters. The van der Waals surface area contributed by atoms with E-state index in [1.54, 1.807) is 0 Å². The van der Waals surface area contributed by atoms with E-state index in [1.165, 1.54) is 11.3 Å². The standard InChI is InChI=1S/C16H17NO3S/c1-11-5-12(2)7-14(6-11)17-15(18)9-20-16(19)8-13-3-4-21-10-13/h3-7,10H,8-9H2,1-2H3,(H,17,18). The quantitative estimate of drug-likeness (QED) is 0.864. The Bertz CT molecular complexity index is 615. The number of rotatable bonds is 5. The third kappa shape index (κ3) is 5.04. The molecule has 0 aliphatic carbocycles. The molecule has 2 rings (SSSR count). The van der Waals surface area contributed by atoms with Crippen LogP contribution in [-0.2, 0) is 20.7 Å². The molecule has 5 heteroatoms. The summed E-state index contributed by atoms with van der Waals surface area (Å²) in [6.45, 7) is 3.66. The fourth-order valence-electron chi connectivity index (χ4n) is 2.00. The minimum atomic E-state index is -0.399. The first-order chi connectivity index (χ1) is 10.0. The van der Waals surface area contributed by atoms with Crippen LogP contribution in [0.15, 0.2) is 35.0 Å². The molecule has 1 aromatic carbocycles. The first kappa shape index (κ1) is 15.3. The number of ether oxygens (including phenoxy) is 1. The zero-order valence-electron chi connectivity index (χ0n) is 12.0. The summed E-state index contributed by atoms with van der Waals surface area (Å²) < 4.78 is 4.96. The third-order valence-corrected chi connectivity index (χ3v) is 3.53. The smallest absolute Gasteiger partial charge is 0.310 e. The van der Waals surface area contributed by atoms with Crippen molar-refractivity contribution in [1.29, 1.82) is 0 Å². The molecule has 0 radical (unpaired) electrons. The zero-order chi connectivity index (χ0) is 15.2. The molecule has 1 heterocycles. The molecule has 1 N–H and O–H groups in total. The maximum atomic E-state index is 11.8. The lowest BCUT2D eigenvalue weighted by Gasteiger charge is -2.08. The van der Waals surface area contributed by atoms with Crippen LogP contribution in [0.4, 0.5) is 5.69 Å². The van der Waals surface area contributed by atoms with Gasteiger partial charge in [-0.2, -0.15) is 11.3 Å². The Balaban J connectivity index is 1.80. The molecule has 2 aromatic rings. The number of hydrogen-bond donors (Lipinski definition) is 1. The van der Waals surface area contributed by atoms with Gasteiger partial charge in [-0.1, -0.05) is 6.07 Å². The van der Waals surface area contributed by atoms with Crippen LogP contribution >= 0.6 is 11.3 Å². The Labute approximate surface area is 127 Å². The highest BCUT2D eigenvalue weighted by Gasteiger charge is 2.09. The third-order valence-electron chi connectivity index (χ3n) is 2.80. The lowest BCUT2D eigenvalue weighted by atomic mass is 10.1. The average Bonchev–Trinajstić information content (AvgIpc) is 2.88. The van der Waals surface area contributed by atoms with E-state index in [-0.39, 0.29) is 18.9 Å². The Morgan fingerprint density at radius 2 is 1.90 bits per heavy atom. The highest BCUT2D eigenvalue weighted by Crippen LogP contribution is 2.13. The first-order valence-electron chi connectivity index (χ1n) is 6.58. The first-order valence-corrected chi connectivity index (χ1v) is 7.52. The number of esters is 1. The Morgan fingerprint density at radius 3 is 2.52 bits per heavy atom. The van der Waals surface area contributed by atoms with Gasteiger partial charge in [0.15, 0.2) is 6.61 Å². The van der Waals surface area contributed by atoms with E-state index in [1.807, 2.05) is 48.9 Å².